The van der Waals surface area contributed by atoms with Gasteiger partial charge in [-0.2, -0.15) is 0 Å². The fourth-order valence-corrected chi connectivity index (χ4v) is 2.31. The van der Waals surface area contributed by atoms with Crippen molar-refractivity contribution in [2.75, 3.05) is 13.1 Å². The van der Waals surface area contributed by atoms with Gasteiger partial charge in [0.2, 0.25) is 0 Å². The van der Waals surface area contributed by atoms with Crippen molar-refractivity contribution in [2.45, 2.75) is 26.3 Å². The molecule has 1 aromatic carbocycles. The van der Waals surface area contributed by atoms with Crippen LogP contribution in [0.25, 0.3) is 0 Å². The Balaban J connectivity index is 2.19. The standard InChI is InChI=1S/C14H20N2O2/c1-9-6-7-16(8-12(9)15)14(18)11-4-3-5-13(17)10(11)2/h3-5,9,12,17H,6-8,15H2,1-2H3. The zero-order chi connectivity index (χ0) is 13.3. The van der Waals surface area contributed by atoms with E-state index in [0.29, 0.717) is 23.6 Å². The van der Waals surface area contributed by atoms with Gasteiger partial charge in [0, 0.05) is 30.3 Å². The van der Waals surface area contributed by atoms with Gasteiger partial charge in [-0.15, -0.1) is 0 Å². The second-order valence-electron chi connectivity index (χ2n) is 5.13. The van der Waals surface area contributed by atoms with E-state index in [9.17, 15) is 9.90 Å². The van der Waals surface area contributed by atoms with Crippen LogP contribution in [0.1, 0.15) is 29.3 Å². The maximum absolute atomic E-state index is 12.4. The number of piperidine rings is 1. The Hall–Kier alpha value is -1.55. The van der Waals surface area contributed by atoms with Gasteiger partial charge in [-0.1, -0.05) is 13.0 Å². The molecule has 1 aromatic rings. The molecule has 1 heterocycles. The zero-order valence-electron chi connectivity index (χ0n) is 10.9. The van der Waals surface area contributed by atoms with Crippen LogP contribution in [0.5, 0.6) is 5.75 Å². The number of carbonyl (C=O) groups excluding carboxylic acids is 1. The summed E-state index contributed by atoms with van der Waals surface area (Å²) in [6, 6.07) is 5.08. The molecular weight excluding hydrogens is 228 g/mol. The number of phenolic OH excluding ortho intramolecular Hbond substituents is 1. The third kappa shape index (κ3) is 2.34. The lowest BCUT2D eigenvalue weighted by Crippen LogP contribution is -2.49. The Kier molecular flexibility index (Phi) is 3.57. The molecule has 2 unspecified atom stereocenters. The van der Waals surface area contributed by atoms with E-state index in [2.05, 4.69) is 6.92 Å². The number of hydrogen-bond donors (Lipinski definition) is 2. The zero-order valence-corrected chi connectivity index (χ0v) is 10.9. The van der Waals surface area contributed by atoms with Gasteiger partial charge < -0.3 is 15.7 Å². The maximum atomic E-state index is 12.4. The third-order valence-electron chi connectivity index (χ3n) is 3.84. The summed E-state index contributed by atoms with van der Waals surface area (Å²) in [5, 5.41) is 9.65. The van der Waals surface area contributed by atoms with Crippen LogP contribution in [-0.4, -0.2) is 35.0 Å². The Bertz CT molecular complexity index is 459. The highest BCUT2D eigenvalue weighted by Crippen LogP contribution is 2.23. The summed E-state index contributed by atoms with van der Waals surface area (Å²) in [7, 11) is 0. The molecule has 98 valence electrons. The van der Waals surface area contributed by atoms with Crippen molar-refractivity contribution in [3.63, 3.8) is 0 Å². The van der Waals surface area contributed by atoms with E-state index in [4.69, 9.17) is 5.73 Å². The number of nitrogens with two attached hydrogens (primary N) is 1. The van der Waals surface area contributed by atoms with Crippen LogP contribution in [0, 0.1) is 12.8 Å². The average Bonchev–Trinajstić information content (AvgIpc) is 2.35. The average molecular weight is 248 g/mol. The summed E-state index contributed by atoms with van der Waals surface area (Å²) >= 11 is 0. The Labute approximate surface area is 107 Å². The fraction of sp³-hybridized carbons (Fsp3) is 0.500. The SMILES string of the molecule is Cc1c(O)cccc1C(=O)N1CCC(C)C(N)C1. The van der Waals surface area contributed by atoms with E-state index < -0.39 is 0 Å². The summed E-state index contributed by atoms with van der Waals surface area (Å²) in [6.45, 7) is 5.21. The second-order valence-corrected chi connectivity index (χ2v) is 5.13. The first-order chi connectivity index (χ1) is 8.50. The number of likely N-dealkylation sites (tertiary alicyclic amines) is 1. The van der Waals surface area contributed by atoms with Gasteiger partial charge in [0.15, 0.2) is 0 Å². The monoisotopic (exact) mass is 248 g/mol. The van der Waals surface area contributed by atoms with E-state index in [-0.39, 0.29) is 17.7 Å². The molecule has 1 amide bonds. The quantitative estimate of drug-likeness (QED) is 0.791. The number of phenols is 1. The smallest absolute Gasteiger partial charge is 0.254 e. The van der Waals surface area contributed by atoms with Gasteiger partial charge in [-0.05, 0) is 31.4 Å². The molecule has 1 saturated heterocycles. The van der Waals surface area contributed by atoms with E-state index in [1.165, 1.54) is 0 Å². The van der Waals surface area contributed by atoms with Crippen LogP contribution in [0.4, 0.5) is 0 Å². The van der Waals surface area contributed by atoms with Crippen molar-refractivity contribution in [2.24, 2.45) is 11.7 Å². The first kappa shape index (κ1) is 12.9. The van der Waals surface area contributed by atoms with Gasteiger partial charge in [0.05, 0.1) is 0 Å². The first-order valence-corrected chi connectivity index (χ1v) is 6.34. The van der Waals surface area contributed by atoms with Crippen LogP contribution in [0.2, 0.25) is 0 Å². The van der Waals surface area contributed by atoms with Crippen molar-refractivity contribution >= 4 is 5.91 Å². The Morgan fingerprint density at radius 3 is 2.89 bits per heavy atom. The van der Waals surface area contributed by atoms with Gasteiger partial charge in [-0.25, -0.2) is 0 Å². The molecule has 0 aromatic heterocycles. The number of hydrogen-bond acceptors (Lipinski definition) is 3. The highest BCUT2D eigenvalue weighted by molar-refractivity contribution is 5.96. The predicted octanol–water partition coefficient (Wildman–Crippen LogP) is 1.51. The minimum absolute atomic E-state index is 0.0363. The lowest BCUT2D eigenvalue weighted by atomic mass is 9.93. The number of aromatic hydroxyl groups is 1. The Morgan fingerprint density at radius 2 is 2.22 bits per heavy atom. The molecule has 3 N–H and O–H groups in total. The molecule has 0 radical (unpaired) electrons. The molecular formula is C14H20N2O2. The Morgan fingerprint density at radius 1 is 1.50 bits per heavy atom. The highest BCUT2D eigenvalue weighted by Gasteiger charge is 2.27. The summed E-state index contributed by atoms with van der Waals surface area (Å²) in [4.78, 5) is 14.2. The van der Waals surface area contributed by atoms with Crippen molar-refractivity contribution in [3.05, 3.63) is 29.3 Å². The van der Waals surface area contributed by atoms with Crippen LogP contribution in [0.15, 0.2) is 18.2 Å². The summed E-state index contributed by atoms with van der Waals surface area (Å²) in [5.41, 5.74) is 7.21. The number of nitrogens with zero attached hydrogens (tertiary/aromatic N) is 1. The molecule has 1 aliphatic heterocycles. The van der Waals surface area contributed by atoms with Gasteiger partial charge in [0.1, 0.15) is 5.75 Å². The predicted molar refractivity (Wildman–Crippen MR) is 70.5 cm³/mol. The molecule has 2 atom stereocenters. The number of amides is 1. The van der Waals surface area contributed by atoms with E-state index >= 15 is 0 Å². The van der Waals surface area contributed by atoms with Crippen LogP contribution >= 0.6 is 0 Å². The van der Waals surface area contributed by atoms with Crippen LogP contribution in [0.3, 0.4) is 0 Å². The maximum Gasteiger partial charge on any atom is 0.254 e. The molecule has 1 aliphatic rings. The minimum Gasteiger partial charge on any atom is -0.508 e. The molecule has 18 heavy (non-hydrogen) atoms. The molecule has 4 heteroatoms. The lowest BCUT2D eigenvalue weighted by Gasteiger charge is -2.35. The van der Waals surface area contributed by atoms with E-state index in [0.717, 1.165) is 13.0 Å². The third-order valence-corrected chi connectivity index (χ3v) is 3.84. The first-order valence-electron chi connectivity index (χ1n) is 6.34. The number of rotatable bonds is 1. The number of benzene rings is 1. The van der Waals surface area contributed by atoms with Gasteiger partial charge in [0.25, 0.3) is 5.91 Å². The van der Waals surface area contributed by atoms with Crippen molar-refractivity contribution < 1.29 is 9.90 Å². The normalized spacial score (nSPS) is 24.1. The van der Waals surface area contributed by atoms with E-state index in [1.54, 1.807) is 30.0 Å². The van der Waals surface area contributed by atoms with Crippen molar-refractivity contribution in [1.82, 2.24) is 4.90 Å². The van der Waals surface area contributed by atoms with Crippen molar-refractivity contribution in [3.8, 4) is 5.75 Å². The van der Waals surface area contributed by atoms with Crippen molar-refractivity contribution in [1.29, 1.82) is 0 Å². The topological polar surface area (TPSA) is 66.6 Å². The molecule has 0 aliphatic carbocycles. The van der Waals surface area contributed by atoms with Crippen LogP contribution in [-0.2, 0) is 0 Å². The highest BCUT2D eigenvalue weighted by atomic mass is 16.3. The minimum atomic E-state index is -0.0363. The fourth-order valence-electron chi connectivity index (χ4n) is 2.31. The molecule has 0 spiro atoms. The summed E-state index contributed by atoms with van der Waals surface area (Å²) < 4.78 is 0. The summed E-state index contributed by atoms with van der Waals surface area (Å²) in [5.74, 6) is 0.584. The molecule has 1 fully saturated rings. The lowest BCUT2D eigenvalue weighted by molar-refractivity contribution is 0.0671. The van der Waals surface area contributed by atoms with Gasteiger partial charge >= 0.3 is 0 Å². The molecule has 0 saturated carbocycles. The summed E-state index contributed by atoms with van der Waals surface area (Å²) in [6.07, 6.45) is 0.935. The van der Waals surface area contributed by atoms with E-state index in [1.807, 2.05) is 0 Å². The second kappa shape index (κ2) is 4.98. The van der Waals surface area contributed by atoms with Gasteiger partial charge in [-0.3, -0.25) is 4.79 Å². The van der Waals surface area contributed by atoms with Crippen LogP contribution < -0.4 is 5.73 Å². The molecule has 0 bridgehead atoms. The molecule has 4 nitrogen and oxygen atoms in total. The largest absolute Gasteiger partial charge is 0.508 e. The molecule has 2 rings (SSSR count). The number of carbonyl (C=O) groups is 1.